The Bertz CT molecular complexity index is 1970. The first-order chi connectivity index (χ1) is 41.0. The van der Waals surface area contributed by atoms with E-state index in [4.69, 9.17) is 0 Å². The molecule has 0 aromatic rings. The van der Waals surface area contributed by atoms with Gasteiger partial charge < -0.3 is 0 Å². The van der Waals surface area contributed by atoms with Crippen LogP contribution in [-0.2, 0) is 0 Å². The zero-order chi connectivity index (χ0) is 54.0. The Morgan fingerprint density at radius 1 is 0.108 bits per heavy atom. The van der Waals surface area contributed by atoms with Crippen LogP contribution in [0.2, 0.25) is 0 Å². The van der Waals surface area contributed by atoms with Gasteiger partial charge in [-0.3, -0.25) is 0 Å². The molecule has 32 rings (SSSR count). The lowest BCUT2D eigenvalue weighted by molar-refractivity contribution is 0.0198. The number of hydrogen-bond donors (Lipinski definition) is 0. The minimum Gasteiger partial charge on any atom is -0.0530 e. The Hall–Kier alpha value is 0. The van der Waals surface area contributed by atoms with Crippen LogP contribution in [0.4, 0.5) is 0 Å². The van der Waals surface area contributed by atoms with E-state index in [1.165, 1.54) is 227 Å². The molecule has 0 amide bonds. The van der Waals surface area contributed by atoms with Gasteiger partial charge in [0.25, 0.3) is 0 Å². The minimum atomic E-state index is 1.11. The van der Waals surface area contributed by atoms with Crippen LogP contribution < -0.4 is 0 Å². The maximum Gasteiger partial charge on any atom is -0.0318 e. The van der Waals surface area contributed by atoms with Gasteiger partial charge in [0.1, 0.15) is 0 Å². The SMILES string of the molecule is C1C2CC3CC1CC(C2)C3.C1C2CC3CC1CC3C2.C1CC2C3C(C1)C23.C1CC2C3C1C23.C1CC2C3CCC(C3)C2C1.C1CC2CC1C1C3CCC(C3)C21.C1CC2CC1C1CC21.C1CC2CC1C1CCC21.C1CCC2CCCC(C1)CCC2. The number of hydrogen-bond acceptors (Lipinski definition) is 0. The van der Waals surface area contributed by atoms with Crippen LogP contribution in [0, 0.1) is 213 Å². The summed E-state index contributed by atoms with van der Waals surface area (Å²) in [6, 6.07) is 0. The van der Waals surface area contributed by atoms with Crippen molar-refractivity contribution in [3.8, 4) is 0 Å². The van der Waals surface area contributed by atoms with Gasteiger partial charge in [-0.2, -0.15) is 0 Å². The van der Waals surface area contributed by atoms with Gasteiger partial charge in [-0.1, -0.05) is 77.0 Å². The van der Waals surface area contributed by atoms with E-state index >= 15 is 0 Å². The van der Waals surface area contributed by atoms with E-state index in [0.717, 1.165) is 11.8 Å². The molecule has 24 bridgehead atoms. The molecule has 0 aromatic carbocycles. The molecule has 32 aliphatic carbocycles. The molecule has 462 valence electrons. The van der Waals surface area contributed by atoms with E-state index < -0.39 is 0 Å². The van der Waals surface area contributed by atoms with Crippen LogP contribution in [0.25, 0.3) is 0 Å². The Balaban J connectivity index is 0.0000000695. The van der Waals surface area contributed by atoms with Gasteiger partial charge >= 0.3 is 0 Å². The third-order valence-electron chi connectivity index (χ3n) is 35.7. The van der Waals surface area contributed by atoms with E-state index in [1.54, 1.807) is 276 Å². The van der Waals surface area contributed by atoms with E-state index in [9.17, 15) is 0 Å². The van der Waals surface area contributed by atoms with Crippen LogP contribution in [0.1, 0.15) is 302 Å². The summed E-state index contributed by atoms with van der Waals surface area (Å²) in [5.41, 5.74) is 0. The lowest BCUT2D eigenvalue weighted by Gasteiger charge is -2.49. The minimum absolute atomic E-state index is 1.11. The topological polar surface area (TPSA) is 0 Å². The van der Waals surface area contributed by atoms with Crippen molar-refractivity contribution >= 4 is 0 Å². The Morgan fingerprint density at radius 3 is 0.627 bits per heavy atom. The standard InChI is InChI=1S/C12H18.C12H22.2C10H16.2C9H14.C8H12.C7H10.C6H8/c1-2-8-5-7(1)11-9-3-4-10(6-9)12(8)11;1-2-6-12-9-3-7-11(5-1)8-4-10-12;1-7-2-9-4-8(1)5-10(3-7)6-9;1-2-9-7-4-5-8(6-7)10(9)3-1;1-6-2-8-4-7(1)5-9(8)3-6;1-2-7-5-6(1)8-3-4-9(7)8;1-2-6-3-5(1)7-4-8(6)7;1-2-4-6-5(3-1)7(4)6;1-2-4-5-3(1)6(4)5/h7-12H,1-6H2;11-12H,1-10H2;2*7-10H,1-6H2;2*6-9H,1-5H2;5-8H,1-4H2;4-7H,1-3H2;3-6H,1-2H2. The quantitative estimate of drug-likeness (QED) is 0.212. The van der Waals surface area contributed by atoms with E-state index in [0.29, 0.717) is 0 Å². The monoisotopic (exact) mass is 1130 g/mol. The van der Waals surface area contributed by atoms with Gasteiger partial charge in [-0.15, -0.1) is 0 Å². The highest BCUT2D eigenvalue weighted by Gasteiger charge is 2.76. The molecule has 16 atom stereocenters. The zero-order valence-electron chi connectivity index (χ0n) is 54.0. The lowest BCUT2D eigenvalue weighted by atomic mass is 9.56. The summed E-state index contributed by atoms with van der Waals surface area (Å²) in [7, 11) is 0. The molecule has 32 aliphatic rings. The maximum absolute atomic E-state index is 1.64. The van der Waals surface area contributed by atoms with Gasteiger partial charge in [0, 0.05) is 0 Å². The predicted molar refractivity (Wildman–Crippen MR) is 343 cm³/mol. The molecule has 0 aliphatic heterocycles. The highest BCUT2D eigenvalue weighted by atomic mass is 14.8. The molecule has 0 aromatic heterocycles. The van der Waals surface area contributed by atoms with Crippen LogP contribution in [-0.4, -0.2) is 0 Å². The molecule has 0 nitrogen and oxygen atoms in total. The molecule has 0 N–H and O–H groups in total. The zero-order valence-corrected chi connectivity index (χ0v) is 54.0. The second kappa shape index (κ2) is 22.4. The van der Waals surface area contributed by atoms with Crippen molar-refractivity contribution in [2.24, 2.45) is 213 Å². The van der Waals surface area contributed by atoms with E-state index in [2.05, 4.69) is 0 Å². The maximum atomic E-state index is 1.64. The van der Waals surface area contributed by atoms with Gasteiger partial charge in [0.2, 0.25) is 0 Å². The summed E-state index contributed by atoms with van der Waals surface area (Å²) in [4.78, 5) is 0. The molecule has 16 unspecified atom stereocenters. The lowest BCUT2D eigenvalue weighted by Crippen LogP contribution is -2.38. The first-order valence-electron chi connectivity index (χ1n) is 41.0. The van der Waals surface area contributed by atoms with Gasteiger partial charge in [-0.25, -0.2) is 0 Å². The third-order valence-corrected chi connectivity index (χ3v) is 35.7. The molecule has 0 radical (unpaired) electrons. The van der Waals surface area contributed by atoms with Crippen molar-refractivity contribution < 1.29 is 0 Å². The summed E-state index contributed by atoms with van der Waals surface area (Å²) in [5.74, 6) is 43.8. The van der Waals surface area contributed by atoms with Crippen molar-refractivity contribution in [3.05, 3.63) is 0 Å². The molecule has 83 heavy (non-hydrogen) atoms. The average Bonchev–Trinajstić information content (AvgIpc) is 1.51. The molecule has 32 saturated carbocycles. The summed E-state index contributed by atoms with van der Waals surface area (Å²) in [5, 5.41) is 0. The van der Waals surface area contributed by atoms with Crippen molar-refractivity contribution in [2.75, 3.05) is 0 Å². The summed E-state index contributed by atoms with van der Waals surface area (Å²) >= 11 is 0. The normalized spacial score (nSPS) is 60.4. The Kier molecular flexibility index (Phi) is 14.8. The molecule has 0 heteroatoms. The van der Waals surface area contributed by atoms with Crippen LogP contribution >= 0.6 is 0 Å². The fraction of sp³-hybridized carbons (Fsp3) is 1.00. The smallest absolute Gasteiger partial charge is 0.0318 e. The van der Waals surface area contributed by atoms with Crippen LogP contribution in [0.15, 0.2) is 0 Å². The second-order valence-corrected chi connectivity index (χ2v) is 39.2. The molecular formula is C83H130. The largest absolute Gasteiger partial charge is 0.0530 e. The fourth-order valence-corrected chi connectivity index (χ4v) is 32.3. The summed E-state index contributed by atoms with van der Waals surface area (Å²) in [6.45, 7) is 0. The van der Waals surface area contributed by atoms with Crippen LogP contribution in [0.3, 0.4) is 0 Å². The summed E-state index contributed by atoms with van der Waals surface area (Å²) < 4.78 is 0. The Labute approximate surface area is 512 Å². The highest BCUT2D eigenvalue weighted by molar-refractivity contribution is 5.24. The van der Waals surface area contributed by atoms with Gasteiger partial charge in [0.05, 0.1) is 0 Å². The molecule has 0 saturated heterocycles. The van der Waals surface area contributed by atoms with Crippen LogP contribution in [0.5, 0.6) is 0 Å². The number of rotatable bonds is 0. The average molecular weight is 1130 g/mol. The van der Waals surface area contributed by atoms with E-state index in [1.807, 2.05) is 0 Å². The van der Waals surface area contributed by atoms with Gasteiger partial charge in [-0.05, 0) is 438 Å². The van der Waals surface area contributed by atoms with Crippen molar-refractivity contribution in [3.63, 3.8) is 0 Å². The highest BCUT2D eigenvalue weighted by Crippen LogP contribution is 2.82. The number of fused-ring (bicyclic) bond motifs is 34. The first kappa shape index (κ1) is 54.7. The molecule has 32 fully saturated rings. The van der Waals surface area contributed by atoms with E-state index in [-0.39, 0.29) is 0 Å². The third kappa shape index (κ3) is 10.5. The summed E-state index contributed by atoms with van der Waals surface area (Å²) in [6.07, 6.45) is 74.7. The van der Waals surface area contributed by atoms with Crippen molar-refractivity contribution in [1.82, 2.24) is 0 Å². The fourth-order valence-electron chi connectivity index (χ4n) is 32.3. The Morgan fingerprint density at radius 2 is 0.349 bits per heavy atom. The van der Waals surface area contributed by atoms with Crippen molar-refractivity contribution in [2.45, 2.75) is 302 Å². The first-order valence-corrected chi connectivity index (χ1v) is 41.0. The molecule has 0 spiro atoms. The van der Waals surface area contributed by atoms with Gasteiger partial charge in [0.15, 0.2) is 0 Å². The van der Waals surface area contributed by atoms with Crippen molar-refractivity contribution in [1.29, 1.82) is 0 Å². The second-order valence-electron chi connectivity index (χ2n) is 39.2. The molecule has 0 heterocycles. The predicted octanol–water partition coefficient (Wildman–Crippen LogP) is 22.8. The molecular weight excluding hydrogens is 997 g/mol.